The fraction of sp³-hybridized carbons (Fsp3) is 0.667. The quantitative estimate of drug-likeness (QED) is 0.243. The number of unbranched alkanes of at least 4 members (excludes halogenated alkanes) is 1. The number of methoxy groups -OCH3 is 1. The van der Waals surface area contributed by atoms with Gasteiger partial charge in [0.15, 0.2) is 0 Å². The van der Waals surface area contributed by atoms with Crippen LogP contribution < -0.4 is 0 Å². The number of esters is 1. The first-order valence-corrected chi connectivity index (χ1v) is 12.2. The third-order valence-electron chi connectivity index (χ3n) is 6.43. The van der Waals surface area contributed by atoms with Crippen molar-refractivity contribution in [2.75, 3.05) is 7.11 Å². The number of aliphatic hydroxyl groups is 2. The number of hydrogen-bond donors (Lipinski definition) is 2. The van der Waals surface area contributed by atoms with Gasteiger partial charge in [0.25, 0.3) is 0 Å². The van der Waals surface area contributed by atoms with E-state index in [1.165, 1.54) is 5.56 Å². The molecule has 5 nitrogen and oxygen atoms in total. The summed E-state index contributed by atoms with van der Waals surface area (Å²) in [6, 6.07) is 10.2. The van der Waals surface area contributed by atoms with Gasteiger partial charge < -0.3 is 19.7 Å². The molecule has 1 saturated carbocycles. The normalized spacial score (nSPS) is 24.3. The standard InChI is InChI=1S/C27H42O5/c1-20(2)32-27(30)14-10-5-4-9-13-23-24(26(31-3)19-25(23)29)18-17-22(28)16-15-21-11-7-6-8-12-21/h4,6-9,11-12,20,22-26,28-29H,5,10,13-19H2,1-3H3/b9-4-/t22-,23+,24+,25-,26+/m0/s1. The van der Waals surface area contributed by atoms with E-state index in [2.05, 4.69) is 24.3 Å². The van der Waals surface area contributed by atoms with Gasteiger partial charge in [0, 0.05) is 20.0 Å². The molecular formula is C27H42O5. The second-order valence-electron chi connectivity index (χ2n) is 9.30. The maximum atomic E-state index is 11.6. The first-order valence-electron chi connectivity index (χ1n) is 12.2. The van der Waals surface area contributed by atoms with Gasteiger partial charge >= 0.3 is 5.97 Å². The number of aliphatic hydroxyl groups excluding tert-OH is 2. The van der Waals surface area contributed by atoms with Crippen molar-refractivity contribution in [3.63, 3.8) is 0 Å². The number of aryl methyl sites for hydroxylation is 1. The number of rotatable bonds is 14. The molecule has 0 spiro atoms. The van der Waals surface area contributed by atoms with E-state index in [1.54, 1.807) is 7.11 Å². The average Bonchev–Trinajstić information content (AvgIpc) is 3.07. The van der Waals surface area contributed by atoms with Crippen LogP contribution in [0, 0.1) is 11.8 Å². The summed E-state index contributed by atoms with van der Waals surface area (Å²) < 4.78 is 10.8. The molecule has 180 valence electrons. The molecule has 0 amide bonds. The van der Waals surface area contributed by atoms with Crippen molar-refractivity contribution >= 4 is 5.97 Å². The van der Waals surface area contributed by atoms with Crippen LogP contribution in [-0.4, -0.2) is 47.7 Å². The summed E-state index contributed by atoms with van der Waals surface area (Å²) in [4.78, 5) is 11.6. The van der Waals surface area contributed by atoms with Crippen LogP contribution in [-0.2, 0) is 20.7 Å². The molecule has 5 heteroatoms. The molecule has 1 aromatic rings. The summed E-state index contributed by atoms with van der Waals surface area (Å²) in [5.74, 6) is 0.240. The summed E-state index contributed by atoms with van der Waals surface area (Å²) in [5, 5.41) is 21.1. The van der Waals surface area contributed by atoms with Gasteiger partial charge in [0.05, 0.1) is 24.4 Å². The van der Waals surface area contributed by atoms with Crippen LogP contribution in [0.4, 0.5) is 0 Å². The number of benzene rings is 1. The van der Waals surface area contributed by atoms with Gasteiger partial charge in [-0.1, -0.05) is 42.5 Å². The molecule has 2 N–H and O–H groups in total. The molecule has 0 unspecified atom stereocenters. The summed E-state index contributed by atoms with van der Waals surface area (Å²) in [7, 11) is 1.71. The summed E-state index contributed by atoms with van der Waals surface area (Å²) >= 11 is 0. The highest BCUT2D eigenvalue weighted by Gasteiger charge is 2.41. The van der Waals surface area contributed by atoms with Crippen LogP contribution in [0.25, 0.3) is 0 Å². The Morgan fingerprint density at radius 1 is 1.16 bits per heavy atom. The van der Waals surface area contributed by atoms with Gasteiger partial charge in [-0.05, 0) is 76.2 Å². The Balaban J connectivity index is 1.75. The molecule has 2 rings (SSSR count). The lowest BCUT2D eigenvalue weighted by molar-refractivity contribution is -0.147. The Morgan fingerprint density at radius 2 is 1.91 bits per heavy atom. The first-order chi connectivity index (χ1) is 15.4. The zero-order chi connectivity index (χ0) is 23.3. The molecule has 1 fully saturated rings. The Bertz CT molecular complexity index is 672. The molecule has 1 aliphatic carbocycles. The van der Waals surface area contributed by atoms with Crippen LogP contribution >= 0.6 is 0 Å². The largest absolute Gasteiger partial charge is 0.463 e. The smallest absolute Gasteiger partial charge is 0.306 e. The average molecular weight is 447 g/mol. The van der Waals surface area contributed by atoms with Crippen LogP contribution in [0.2, 0.25) is 0 Å². The van der Waals surface area contributed by atoms with Crippen molar-refractivity contribution in [3.8, 4) is 0 Å². The fourth-order valence-corrected chi connectivity index (χ4v) is 4.72. The van der Waals surface area contributed by atoms with Gasteiger partial charge in [-0.3, -0.25) is 4.79 Å². The van der Waals surface area contributed by atoms with Crippen molar-refractivity contribution in [3.05, 3.63) is 48.0 Å². The molecule has 0 saturated heterocycles. The zero-order valence-electron chi connectivity index (χ0n) is 20.0. The van der Waals surface area contributed by atoms with E-state index in [4.69, 9.17) is 9.47 Å². The summed E-state index contributed by atoms with van der Waals surface area (Å²) in [6.45, 7) is 3.72. The molecule has 1 aliphatic rings. The van der Waals surface area contributed by atoms with E-state index < -0.39 is 0 Å². The first kappa shape index (κ1) is 26.6. The lowest BCUT2D eigenvalue weighted by Gasteiger charge is -2.25. The van der Waals surface area contributed by atoms with E-state index in [0.29, 0.717) is 12.8 Å². The van der Waals surface area contributed by atoms with E-state index in [9.17, 15) is 15.0 Å². The molecule has 0 aliphatic heterocycles. The molecule has 5 atom stereocenters. The second kappa shape index (κ2) is 14.5. The van der Waals surface area contributed by atoms with Gasteiger partial charge in [0.2, 0.25) is 0 Å². The van der Waals surface area contributed by atoms with Gasteiger partial charge in [-0.2, -0.15) is 0 Å². The summed E-state index contributed by atoms with van der Waals surface area (Å²) in [6.07, 6.45) is 10.2. The monoisotopic (exact) mass is 446 g/mol. The third kappa shape index (κ3) is 9.43. The lowest BCUT2D eigenvalue weighted by atomic mass is 9.85. The molecule has 32 heavy (non-hydrogen) atoms. The Hall–Kier alpha value is -1.69. The van der Waals surface area contributed by atoms with Crippen molar-refractivity contribution in [2.24, 2.45) is 11.8 Å². The molecule has 0 aromatic heterocycles. The minimum absolute atomic E-state index is 0.0375. The zero-order valence-corrected chi connectivity index (χ0v) is 20.0. The highest BCUT2D eigenvalue weighted by Crippen LogP contribution is 2.40. The van der Waals surface area contributed by atoms with E-state index in [-0.39, 0.29) is 42.2 Å². The molecule has 0 radical (unpaired) electrons. The van der Waals surface area contributed by atoms with Crippen molar-refractivity contribution in [2.45, 2.75) is 96.1 Å². The fourth-order valence-electron chi connectivity index (χ4n) is 4.72. The second-order valence-corrected chi connectivity index (χ2v) is 9.30. The van der Waals surface area contributed by atoms with E-state index >= 15 is 0 Å². The lowest BCUT2D eigenvalue weighted by Crippen LogP contribution is -2.24. The Kier molecular flexibility index (Phi) is 12.0. The van der Waals surface area contributed by atoms with Crippen LogP contribution in [0.3, 0.4) is 0 Å². The molecule has 1 aromatic carbocycles. The number of hydrogen-bond acceptors (Lipinski definition) is 5. The van der Waals surface area contributed by atoms with Crippen LogP contribution in [0.15, 0.2) is 42.5 Å². The predicted molar refractivity (Wildman–Crippen MR) is 127 cm³/mol. The number of ether oxygens (including phenoxy) is 2. The van der Waals surface area contributed by atoms with Gasteiger partial charge in [-0.15, -0.1) is 0 Å². The topological polar surface area (TPSA) is 76.0 Å². The van der Waals surface area contributed by atoms with Crippen LogP contribution in [0.1, 0.15) is 70.8 Å². The van der Waals surface area contributed by atoms with Crippen molar-refractivity contribution in [1.82, 2.24) is 0 Å². The third-order valence-corrected chi connectivity index (χ3v) is 6.43. The van der Waals surface area contributed by atoms with E-state index in [1.807, 2.05) is 32.0 Å². The van der Waals surface area contributed by atoms with Gasteiger partial charge in [0.1, 0.15) is 0 Å². The number of carbonyl (C=O) groups excluding carboxylic acids is 1. The van der Waals surface area contributed by atoms with Crippen LogP contribution in [0.5, 0.6) is 0 Å². The Morgan fingerprint density at radius 3 is 2.59 bits per heavy atom. The number of carbonyl (C=O) groups is 1. The highest BCUT2D eigenvalue weighted by atomic mass is 16.5. The Labute approximate surface area is 193 Å². The molecule has 0 bridgehead atoms. The molecular weight excluding hydrogens is 404 g/mol. The van der Waals surface area contributed by atoms with Crippen molar-refractivity contribution < 1.29 is 24.5 Å². The predicted octanol–water partition coefficient (Wildman–Crippen LogP) is 4.84. The molecule has 0 heterocycles. The SMILES string of the molecule is CO[C@@H]1C[C@H](O)[C@H](C/C=C\CCCC(=O)OC(C)C)[C@H]1CC[C@@H](O)CCc1ccccc1. The van der Waals surface area contributed by atoms with Gasteiger partial charge in [-0.25, -0.2) is 0 Å². The highest BCUT2D eigenvalue weighted by molar-refractivity contribution is 5.69. The van der Waals surface area contributed by atoms with E-state index in [0.717, 1.165) is 44.9 Å². The summed E-state index contributed by atoms with van der Waals surface area (Å²) in [5.41, 5.74) is 1.25. The minimum atomic E-state index is -0.378. The van der Waals surface area contributed by atoms with Crippen molar-refractivity contribution in [1.29, 1.82) is 0 Å². The maximum absolute atomic E-state index is 11.6. The minimum Gasteiger partial charge on any atom is -0.463 e. The maximum Gasteiger partial charge on any atom is 0.306 e. The number of allylic oxidation sites excluding steroid dienone is 2.